The van der Waals surface area contributed by atoms with E-state index in [0.717, 1.165) is 44.0 Å². The number of piperazine rings is 1. The van der Waals surface area contributed by atoms with Gasteiger partial charge in [0.1, 0.15) is 0 Å². The van der Waals surface area contributed by atoms with Crippen molar-refractivity contribution in [3.8, 4) is 0 Å². The Morgan fingerprint density at radius 2 is 1.91 bits per heavy atom. The second-order valence-electron chi connectivity index (χ2n) is 8.72. The predicted molar refractivity (Wildman–Crippen MR) is 132 cm³/mol. The molecule has 3 aliphatic heterocycles. The number of thiol groups is 1. The van der Waals surface area contributed by atoms with Crippen LogP contribution in [0.25, 0.3) is 0 Å². The van der Waals surface area contributed by atoms with Gasteiger partial charge >= 0.3 is 0 Å². The molecule has 1 aromatic heterocycles. The minimum atomic E-state index is -0.329. The van der Waals surface area contributed by atoms with Gasteiger partial charge < -0.3 is 4.90 Å². The fourth-order valence-electron chi connectivity index (χ4n) is 4.98. The SMILES string of the molecule is O=C1CCC(N2Cc3c(CN4CCN(c5cncc(Cl)c5Cl)CC4)cccc3C2S)C(=O)N1. The fourth-order valence-corrected chi connectivity index (χ4v) is 5.84. The number of benzene rings is 1. The number of rotatable bonds is 4. The number of fused-ring (bicyclic) bond motifs is 1. The standard InChI is InChI=1S/C23H25Cl2N5O2S/c24-17-10-26-11-19(21(17)25)29-8-6-28(7-9-29)12-14-2-1-3-15-16(14)13-30(23(15)33)18-4-5-20(31)27-22(18)32/h1-3,10-11,18,23,33H,4-9,12-13H2,(H,27,31,32). The number of carbonyl (C=O) groups excluding carboxylic acids is 2. The van der Waals surface area contributed by atoms with Crippen LogP contribution < -0.4 is 10.2 Å². The number of anilines is 1. The van der Waals surface area contributed by atoms with E-state index < -0.39 is 0 Å². The zero-order valence-corrected chi connectivity index (χ0v) is 20.4. The summed E-state index contributed by atoms with van der Waals surface area (Å²) in [6, 6.07) is 6.00. The number of carbonyl (C=O) groups is 2. The minimum absolute atomic E-state index is 0.154. The van der Waals surface area contributed by atoms with Gasteiger partial charge in [0, 0.05) is 51.9 Å². The lowest BCUT2D eigenvalue weighted by atomic mass is 10.0. The monoisotopic (exact) mass is 505 g/mol. The second kappa shape index (κ2) is 9.43. The fraction of sp³-hybridized carbons (Fsp3) is 0.435. The molecule has 7 nitrogen and oxygen atoms in total. The Bertz CT molecular complexity index is 1090. The van der Waals surface area contributed by atoms with E-state index in [2.05, 4.69) is 43.2 Å². The summed E-state index contributed by atoms with van der Waals surface area (Å²) < 4.78 is 0. The van der Waals surface area contributed by atoms with Crippen molar-refractivity contribution in [1.82, 2.24) is 20.1 Å². The lowest BCUT2D eigenvalue weighted by Gasteiger charge is -2.36. The van der Waals surface area contributed by atoms with Crippen LogP contribution in [-0.2, 0) is 22.7 Å². The highest BCUT2D eigenvalue weighted by molar-refractivity contribution is 7.80. The number of nitrogens with zero attached hydrogens (tertiary/aromatic N) is 4. The molecule has 3 aliphatic rings. The quantitative estimate of drug-likeness (QED) is 0.490. The van der Waals surface area contributed by atoms with E-state index in [4.69, 9.17) is 35.8 Å². The van der Waals surface area contributed by atoms with Gasteiger partial charge in [0.2, 0.25) is 11.8 Å². The third-order valence-corrected chi connectivity index (χ3v) is 8.13. The molecule has 1 N–H and O–H groups in total. The van der Waals surface area contributed by atoms with Crippen LogP contribution in [0.5, 0.6) is 0 Å². The molecule has 2 aromatic rings. The summed E-state index contributed by atoms with van der Waals surface area (Å²) in [6.45, 7) is 4.97. The Hall–Kier alpha value is -1.84. The van der Waals surface area contributed by atoms with Crippen LogP contribution in [-0.4, -0.2) is 58.8 Å². The molecule has 1 aromatic carbocycles. The summed E-state index contributed by atoms with van der Waals surface area (Å²) in [6.07, 6.45) is 4.23. The molecular weight excluding hydrogens is 481 g/mol. The maximum Gasteiger partial charge on any atom is 0.243 e. The van der Waals surface area contributed by atoms with Crippen molar-refractivity contribution >= 4 is 53.3 Å². The molecule has 5 rings (SSSR count). The number of hydrogen-bond acceptors (Lipinski definition) is 7. The van der Waals surface area contributed by atoms with E-state index in [9.17, 15) is 9.59 Å². The molecule has 174 valence electrons. The highest BCUT2D eigenvalue weighted by Gasteiger charge is 2.39. The Kier molecular flexibility index (Phi) is 6.55. The molecule has 2 fully saturated rings. The lowest BCUT2D eigenvalue weighted by molar-refractivity contribution is -0.137. The minimum Gasteiger partial charge on any atom is -0.366 e. The summed E-state index contributed by atoms with van der Waals surface area (Å²) in [5, 5.41) is 3.34. The number of halogens is 2. The van der Waals surface area contributed by atoms with Crippen molar-refractivity contribution in [2.45, 2.75) is 37.3 Å². The maximum atomic E-state index is 12.4. The second-order valence-corrected chi connectivity index (χ2v) is 9.99. The molecule has 2 amide bonds. The zero-order valence-electron chi connectivity index (χ0n) is 18.0. The van der Waals surface area contributed by atoms with Crippen LogP contribution in [0.2, 0.25) is 10.0 Å². The third-order valence-electron chi connectivity index (χ3n) is 6.78. The van der Waals surface area contributed by atoms with E-state index in [1.54, 1.807) is 12.4 Å². The van der Waals surface area contributed by atoms with E-state index in [1.165, 1.54) is 11.1 Å². The highest BCUT2D eigenvalue weighted by Crippen LogP contribution is 2.41. The van der Waals surface area contributed by atoms with Gasteiger partial charge in [-0.05, 0) is 23.1 Å². The number of nitrogens with one attached hydrogen (secondary N) is 1. The van der Waals surface area contributed by atoms with Gasteiger partial charge in [-0.1, -0.05) is 41.4 Å². The number of aromatic nitrogens is 1. The largest absolute Gasteiger partial charge is 0.366 e. The number of amides is 2. The van der Waals surface area contributed by atoms with Gasteiger partial charge in [0.05, 0.1) is 33.3 Å². The van der Waals surface area contributed by atoms with Gasteiger partial charge in [-0.25, -0.2) is 0 Å². The van der Waals surface area contributed by atoms with E-state index in [1.807, 2.05) is 0 Å². The summed E-state index contributed by atoms with van der Waals surface area (Å²) in [4.78, 5) is 34.9. The van der Waals surface area contributed by atoms with Crippen molar-refractivity contribution in [3.05, 3.63) is 57.3 Å². The molecule has 33 heavy (non-hydrogen) atoms. The smallest absolute Gasteiger partial charge is 0.243 e. The Morgan fingerprint density at radius 1 is 1.12 bits per heavy atom. The third kappa shape index (κ3) is 4.47. The van der Waals surface area contributed by atoms with Crippen LogP contribution in [0.1, 0.15) is 34.9 Å². The first kappa shape index (κ1) is 22.9. The van der Waals surface area contributed by atoms with E-state index in [0.29, 0.717) is 29.4 Å². The molecule has 0 aliphatic carbocycles. The average molecular weight is 506 g/mol. The van der Waals surface area contributed by atoms with Crippen LogP contribution in [0, 0.1) is 0 Å². The van der Waals surface area contributed by atoms with E-state index >= 15 is 0 Å². The van der Waals surface area contributed by atoms with Crippen LogP contribution in [0.4, 0.5) is 5.69 Å². The number of pyridine rings is 1. The summed E-state index contributed by atoms with van der Waals surface area (Å²) >= 11 is 17.4. The molecule has 0 spiro atoms. The molecule has 0 radical (unpaired) electrons. The first-order valence-corrected chi connectivity index (χ1v) is 12.3. The molecule has 4 heterocycles. The summed E-state index contributed by atoms with van der Waals surface area (Å²) in [5.41, 5.74) is 4.53. The number of hydrogen-bond donors (Lipinski definition) is 2. The summed E-state index contributed by atoms with van der Waals surface area (Å²) in [5.74, 6) is -0.414. The highest BCUT2D eigenvalue weighted by atomic mass is 35.5. The molecule has 2 saturated heterocycles. The van der Waals surface area contributed by atoms with Gasteiger partial charge in [0.25, 0.3) is 0 Å². The maximum absolute atomic E-state index is 12.4. The molecular formula is C23H25Cl2N5O2S. The summed E-state index contributed by atoms with van der Waals surface area (Å²) in [7, 11) is 0. The van der Waals surface area contributed by atoms with Crippen LogP contribution in [0.15, 0.2) is 30.6 Å². The van der Waals surface area contributed by atoms with Crippen LogP contribution in [0.3, 0.4) is 0 Å². The Labute approximate surface area is 208 Å². The van der Waals surface area contributed by atoms with Gasteiger partial charge in [0.15, 0.2) is 0 Å². The molecule has 10 heteroatoms. The molecule has 0 saturated carbocycles. The lowest BCUT2D eigenvalue weighted by Crippen LogP contribution is -2.51. The molecule has 2 atom stereocenters. The number of imide groups is 1. The van der Waals surface area contributed by atoms with Crippen molar-refractivity contribution in [2.24, 2.45) is 0 Å². The van der Waals surface area contributed by atoms with Crippen molar-refractivity contribution in [1.29, 1.82) is 0 Å². The first-order valence-electron chi connectivity index (χ1n) is 11.1. The van der Waals surface area contributed by atoms with Gasteiger partial charge in [-0.2, -0.15) is 12.6 Å². The van der Waals surface area contributed by atoms with Crippen molar-refractivity contribution in [2.75, 3.05) is 31.1 Å². The van der Waals surface area contributed by atoms with Gasteiger partial charge in [-0.15, -0.1) is 0 Å². The Morgan fingerprint density at radius 3 is 2.67 bits per heavy atom. The van der Waals surface area contributed by atoms with Crippen molar-refractivity contribution in [3.63, 3.8) is 0 Å². The number of piperidine rings is 1. The zero-order chi connectivity index (χ0) is 23.1. The van der Waals surface area contributed by atoms with E-state index in [-0.39, 0.29) is 23.2 Å². The van der Waals surface area contributed by atoms with Crippen molar-refractivity contribution < 1.29 is 9.59 Å². The average Bonchev–Trinajstić information content (AvgIpc) is 3.14. The van der Waals surface area contributed by atoms with Crippen LogP contribution >= 0.6 is 35.8 Å². The predicted octanol–water partition coefficient (Wildman–Crippen LogP) is 3.26. The topological polar surface area (TPSA) is 68.8 Å². The normalized spacial score (nSPS) is 24.2. The molecule has 0 bridgehead atoms. The first-order chi connectivity index (χ1) is 15.9. The van der Waals surface area contributed by atoms with Gasteiger partial charge in [-0.3, -0.25) is 29.7 Å². The molecule has 2 unspecified atom stereocenters. The Balaban J connectivity index is 1.26.